The van der Waals surface area contributed by atoms with Crippen molar-refractivity contribution in [2.24, 2.45) is 11.5 Å². The third-order valence-electron chi connectivity index (χ3n) is 0.864. The van der Waals surface area contributed by atoms with Gasteiger partial charge in [0.1, 0.15) is 0 Å². The van der Waals surface area contributed by atoms with Gasteiger partial charge in [0.15, 0.2) is 0 Å². The van der Waals surface area contributed by atoms with Crippen LogP contribution in [0.3, 0.4) is 0 Å². The van der Waals surface area contributed by atoms with E-state index in [4.69, 9.17) is 5.73 Å². The minimum absolute atomic E-state index is 0.103. The van der Waals surface area contributed by atoms with Gasteiger partial charge in [-0.2, -0.15) is 5.48 Å². The van der Waals surface area contributed by atoms with Crippen molar-refractivity contribution < 1.29 is 19.2 Å². The van der Waals surface area contributed by atoms with E-state index in [1.165, 1.54) is 0 Å². The zero-order chi connectivity index (χ0) is 9.56. The van der Waals surface area contributed by atoms with Gasteiger partial charge >= 0.3 is 6.09 Å². The van der Waals surface area contributed by atoms with Gasteiger partial charge in [-0.25, -0.2) is 4.79 Å². The normalized spacial score (nSPS) is 8.67. The number of nitrogens with two attached hydrogens (primary N) is 2. The Kier molecular flexibility index (Phi) is 4.20. The quantitative estimate of drug-likeness (QED) is 0.445. The van der Waals surface area contributed by atoms with Crippen LogP contribution < -0.4 is 16.9 Å². The molecule has 5 N–H and O–H groups in total. The van der Waals surface area contributed by atoms with Crippen molar-refractivity contribution in [3.05, 3.63) is 0 Å². The van der Waals surface area contributed by atoms with E-state index in [0.717, 1.165) is 0 Å². The second-order valence-electron chi connectivity index (χ2n) is 1.91. The van der Waals surface area contributed by atoms with E-state index >= 15 is 0 Å². The summed E-state index contributed by atoms with van der Waals surface area (Å²) in [4.78, 5) is 34.6. The van der Waals surface area contributed by atoms with E-state index in [-0.39, 0.29) is 12.8 Å². The van der Waals surface area contributed by atoms with Crippen LogP contribution in [-0.2, 0) is 14.4 Å². The average molecular weight is 175 g/mol. The summed E-state index contributed by atoms with van der Waals surface area (Å²) in [7, 11) is 0. The Labute approximate surface area is 68.0 Å². The SMILES string of the molecule is NC(=O)CCC(=O)NOC(N)=O. The zero-order valence-corrected chi connectivity index (χ0v) is 6.20. The second kappa shape index (κ2) is 4.94. The molecule has 0 aliphatic heterocycles. The van der Waals surface area contributed by atoms with Gasteiger partial charge in [-0.15, -0.1) is 0 Å². The summed E-state index contributed by atoms with van der Waals surface area (Å²) in [5.41, 5.74) is 11.0. The molecule has 0 aromatic rings. The monoisotopic (exact) mass is 175 g/mol. The highest BCUT2D eigenvalue weighted by Gasteiger charge is 2.04. The van der Waals surface area contributed by atoms with Crippen molar-refractivity contribution in [2.75, 3.05) is 0 Å². The first kappa shape index (κ1) is 10.2. The Hall–Kier alpha value is -1.79. The Morgan fingerprint density at radius 3 is 2.17 bits per heavy atom. The number of hydrogen-bond donors (Lipinski definition) is 3. The van der Waals surface area contributed by atoms with Crippen LogP contribution in [0.5, 0.6) is 0 Å². The predicted molar refractivity (Wildman–Crippen MR) is 37.2 cm³/mol. The maximum atomic E-state index is 10.6. The van der Waals surface area contributed by atoms with E-state index in [9.17, 15) is 14.4 Å². The molecule has 0 aliphatic carbocycles. The second-order valence-corrected chi connectivity index (χ2v) is 1.91. The highest BCUT2D eigenvalue weighted by Crippen LogP contribution is 1.86. The fourth-order valence-corrected chi connectivity index (χ4v) is 0.395. The molecule has 0 heterocycles. The first-order valence-corrected chi connectivity index (χ1v) is 3.06. The van der Waals surface area contributed by atoms with Gasteiger partial charge in [0.2, 0.25) is 5.91 Å². The first-order valence-electron chi connectivity index (χ1n) is 3.06. The zero-order valence-electron chi connectivity index (χ0n) is 6.20. The predicted octanol–water partition coefficient (Wildman–Crippen LogP) is -1.62. The number of nitrogens with one attached hydrogen (secondary N) is 1. The van der Waals surface area contributed by atoms with Gasteiger partial charge in [0.05, 0.1) is 0 Å². The van der Waals surface area contributed by atoms with Gasteiger partial charge in [-0.05, 0) is 0 Å². The number of carbonyl (C=O) groups is 3. The molecule has 3 amide bonds. The minimum atomic E-state index is -1.12. The molecule has 12 heavy (non-hydrogen) atoms. The molecule has 0 atom stereocenters. The number of hydroxylamine groups is 1. The number of primary amides is 2. The molecule has 0 spiro atoms. The molecule has 0 rings (SSSR count). The molecule has 0 radical (unpaired) electrons. The molecule has 0 unspecified atom stereocenters. The molecule has 0 fully saturated rings. The van der Waals surface area contributed by atoms with Crippen LogP contribution in [0.25, 0.3) is 0 Å². The molecular weight excluding hydrogens is 166 g/mol. The third-order valence-corrected chi connectivity index (χ3v) is 0.864. The van der Waals surface area contributed by atoms with Crippen molar-refractivity contribution in [2.45, 2.75) is 12.8 Å². The molecule has 0 aliphatic rings. The lowest BCUT2D eigenvalue weighted by Crippen LogP contribution is -2.30. The molecular formula is C5H9N3O4. The summed E-state index contributed by atoms with van der Waals surface area (Å²) in [6.45, 7) is 0. The topological polar surface area (TPSA) is 125 Å². The molecule has 7 heteroatoms. The highest BCUT2D eigenvalue weighted by molar-refractivity contribution is 5.82. The van der Waals surface area contributed by atoms with Crippen LogP contribution in [0.4, 0.5) is 4.79 Å². The van der Waals surface area contributed by atoms with Gasteiger partial charge < -0.3 is 16.3 Å². The molecule has 0 saturated heterocycles. The average Bonchev–Trinajstić information content (AvgIpc) is 1.96. The van der Waals surface area contributed by atoms with Crippen molar-refractivity contribution in [1.82, 2.24) is 5.48 Å². The first-order chi connectivity index (χ1) is 5.52. The van der Waals surface area contributed by atoms with Gasteiger partial charge in [-0.3, -0.25) is 9.59 Å². The highest BCUT2D eigenvalue weighted by atomic mass is 16.7. The van der Waals surface area contributed by atoms with Gasteiger partial charge in [0.25, 0.3) is 5.91 Å². The van der Waals surface area contributed by atoms with Crippen LogP contribution in [0.2, 0.25) is 0 Å². The van der Waals surface area contributed by atoms with Crippen LogP contribution in [0.1, 0.15) is 12.8 Å². The fraction of sp³-hybridized carbons (Fsp3) is 0.400. The lowest BCUT2D eigenvalue weighted by atomic mass is 10.3. The summed E-state index contributed by atoms with van der Waals surface area (Å²) in [6, 6.07) is 0. The van der Waals surface area contributed by atoms with Crippen LogP contribution >= 0.6 is 0 Å². The Morgan fingerprint density at radius 2 is 1.75 bits per heavy atom. The van der Waals surface area contributed by atoms with Crippen molar-refractivity contribution in [3.8, 4) is 0 Å². The van der Waals surface area contributed by atoms with E-state index in [2.05, 4.69) is 10.6 Å². The number of hydrogen-bond acceptors (Lipinski definition) is 4. The lowest BCUT2D eigenvalue weighted by Gasteiger charge is -2.00. The molecule has 0 saturated carbocycles. The minimum Gasteiger partial charge on any atom is -0.370 e. The standard InChI is InChI=1S/C5H9N3O4/c6-3(9)1-2-4(10)8-12-5(7)11/h1-2H2,(H2,6,9)(H2,7,11)(H,8,10). The van der Waals surface area contributed by atoms with E-state index in [0.29, 0.717) is 0 Å². The summed E-state index contributed by atoms with van der Waals surface area (Å²) in [5.74, 6) is -1.24. The summed E-state index contributed by atoms with van der Waals surface area (Å²) >= 11 is 0. The number of amides is 3. The molecule has 0 aromatic carbocycles. The molecule has 7 nitrogen and oxygen atoms in total. The summed E-state index contributed by atoms with van der Waals surface area (Å²) < 4.78 is 0. The number of rotatable bonds is 3. The van der Waals surface area contributed by atoms with Gasteiger partial charge in [-0.1, -0.05) is 0 Å². The largest absolute Gasteiger partial charge is 0.428 e. The van der Waals surface area contributed by atoms with Crippen molar-refractivity contribution in [1.29, 1.82) is 0 Å². The summed E-state index contributed by atoms with van der Waals surface area (Å²) in [6.07, 6.45) is -1.36. The van der Waals surface area contributed by atoms with E-state index in [1.807, 2.05) is 0 Å². The van der Waals surface area contributed by atoms with E-state index in [1.54, 1.807) is 5.48 Å². The maximum absolute atomic E-state index is 10.6. The Bertz CT molecular complexity index is 183. The summed E-state index contributed by atoms with van der Waals surface area (Å²) in [5, 5.41) is 0. The lowest BCUT2D eigenvalue weighted by molar-refractivity contribution is -0.131. The van der Waals surface area contributed by atoms with E-state index < -0.39 is 17.9 Å². The van der Waals surface area contributed by atoms with Crippen molar-refractivity contribution in [3.63, 3.8) is 0 Å². The smallest absolute Gasteiger partial charge is 0.370 e. The molecule has 0 aromatic heterocycles. The van der Waals surface area contributed by atoms with Crippen molar-refractivity contribution >= 4 is 17.9 Å². The van der Waals surface area contributed by atoms with Gasteiger partial charge in [0, 0.05) is 12.8 Å². The maximum Gasteiger partial charge on any atom is 0.428 e. The third kappa shape index (κ3) is 6.33. The van der Waals surface area contributed by atoms with Crippen LogP contribution in [-0.4, -0.2) is 17.9 Å². The molecule has 0 bridgehead atoms. The fourth-order valence-electron chi connectivity index (χ4n) is 0.395. The molecule has 68 valence electrons. The van der Waals surface area contributed by atoms with Crippen LogP contribution in [0.15, 0.2) is 0 Å². The van der Waals surface area contributed by atoms with Crippen LogP contribution in [0, 0.1) is 0 Å². The Balaban J connectivity index is 3.47. The Morgan fingerprint density at radius 1 is 1.17 bits per heavy atom. The number of carbonyl (C=O) groups excluding carboxylic acids is 3.